The molecule has 0 aromatic heterocycles. The van der Waals surface area contributed by atoms with Crippen LogP contribution >= 0.6 is 11.6 Å². The molecule has 0 radical (unpaired) electrons. The predicted molar refractivity (Wildman–Crippen MR) is 79.2 cm³/mol. The zero-order chi connectivity index (χ0) is 13.0. The van der Waals surface area contributed by atoms with Gasteiger partial charge in [-0.25, -0.2) is 0 Å². The fourth-order valence-corrected chi connectivity index (χ4v) is 3.24. The Balaban J connectivity index is 2.19. The largest absolute Gasteiger partial charge is 0.310 e. The summed E-state index contributed by atoms with van der Waals surface area (Å²) in [7, 11) is 0. The lowest BCUT2D eigenvalue weighted by Gasteiger charge is -2.31. The molecule has 0 heterocycles. The number of nitrogens with one attached hydrogen (secondary N) is 1. The van der Waals surface area contributed by atoms with Gasteiger partial charge < -0.3 is 5.32 Å². The highest BCUT2D eigenvalue weighted by atomic mass is 35.5. The van der Waals surface area contributed by atoms with Crippen LogP contribution < -0.4 is 5.32 Å². The minimum atomic E-state index is 0.480. The van der Waals surface area contributed by atoms with Gasteiger partial charge in [-0.1, -0.05) is 49.9 Å². The average molecular weight is 266 g/mol. The summed E-state index contributed by atoms with van der Waals surface area (Å²) in [4.78, 5) is 0. The third kappa shape index (κ3) is 3.27. The lowest BCUT2D eigenvalue weighted by molar-refractivity contribution is 0.274. The molecule has 1 aliphatic carbocycles. The van der Waals surface area contributed by atoms with Gasteiger partial charge in [0.2, 0.25) is 0 Å². The molecule has 1 atom stereocenters. The van der Waals surface area contributed by atoms with Crippen LogP contribution in [-0.2, 0) is 0 Å². The van der Waals surface area contributed by atoms with E-state index in [-0.39, 0.29) is 0 Å². The first-order chi connectivity index (χ1) is 8.72. The summed E-state index contributed by atoms with van der Waals surface area (Å²) in [5.41, 5.74) is 2.53. The summed E-state index contributed by atoms with van der Waals surface area (Å²) in [6, 6.07) is 7.01. The maximum atomic E-state index is 6.27. The van der Waals surface area contributed by atoms with Gasteiger partial charge in [-0.3, -0.25) is 0 Å². The first-order valence-corrected chi connectivity index (χ1v) is 7.59. The van der Waals surface area contributed by atoms with E-state index in [9.17, 15) is 0 Å². The van der Waals surface area contributed by atoms with Crippen LogP contribution in [0.2, 0.25) is 5.02 Å². The first-order valence-electron chi connectivity index (χ1n) is 7.21. The van der Waals surface area contributed by atoms with Crippen LogP contribution in [0.3, 0.4) is 0 Å². The second kappa shape index (κ2) is 6.58. The van der Waals surface area contributed by atoms with Crippen molar-refractivity contribution in [1.82, 2.24) is 5.32 Å². The maximum absolute atomic E-state index is 6.27. The van der Waals surface area contributed by atoms with E-state index in [0.717, 1.165) is 17.5 Å². The van der Waals surface area contributed by atoms with Crippen LogP contribution in [0.4, 0.5) is 0 Å². The molecule has 0 saturated heterocycles. The highest BCUT2D eigenvalue weighted by molar-refractivity contribution is 6.31. The molecule has 1 aromatic rings. The fourth-order valence-electron chi connectivity index (χ4n) is 3.05. The van der Waals surface area contributed by atoms with E-state index in [4.69, 9.17) is 11.6 Å². The second-order valence-corrected chi connectivity index (χ2v) is 5.85. The summed E-state index contributed by atoms with van der Waals surface area (Å²) < 4.78 is 0. The Labute approximate surface area is 116 Å². The summed E-state index contributed by atoms with van der Waals surface area (Å²) in [6.07, 6.45) is 6.87. The fraction of sp³-hybridized carbons (Fsp3) is 0.625. The molecule has 2 heteroatoms. The van der Waals surface area contributed by atoms with Crippen molar-refractivity contribution >= 4 is 11.6 Å². The number of hydrogen-bond acceptors (Lipinski definition) is 1. The van der Waals surface area contributed by atoms with Gasteiger partial charge in [0.05, 0.1) is 0 Å². The molecule has 2 rings (SSSR count). The van der Waals surface area contributed by atoms with Crippen molar-refractivity contribution in [3.05, 3.63) is 34.3 Å². The molecule has 1 nitrogen and oxygen atoms in total. The quantitative estimate of drug-likeness (QED) is 0.818. The molecule has 18 heavy (non-hydrogen) atoms. The zero-order valence-corrected chi connectivity index (χ0v) is 12.3. The molecule has 0 spiro atoms. The van der Waals surface area contributed by atoms with E-state index in [1.165, 1.54) is 43.2 Å². The molecule has 1 aliphatic rings. The minimum absolute atomic E-state index is 0.480. The molecule has 0 bridgehead atoms. The van der Waals surface area contributed by atoms with Gasteiger partial charge in [0.15, 0.2) is 0 Å². The van der Waals surface area contributed by atoms with E-state index in [0.29, 0.717) is 6.04 Å². The predicted octanol–water partition coefficient (Wildman–Crippen LogP) is 4.88. The van der Waals surface area contributed by atoms with Crippen LogP contribution in [0.25, 0.3) is 0 Å². The lowest BCUT2D eigenvalue weighted by atomic mass is 9.81. The second-order valence-electron chi connectivity index (χ2n) is 5.44. The van der Waals surface area contributed by atoms with Crippen molar-refractivity contribution < 1.29 is 0 Å². The van der Waals surface area contributed by atoms with Gasteiger partial charge in [0.25, 0.3) is 0 Å². The molecule has 1 unspecified atom stereocenters. The number of benzene rings is 1. The Morgan fingerprint density at radius 2 is 2.00 bits per heavy atom. The Morgan fingerprint density at radius 1 is 1.28 bits per heavy atom. The topological polar surface area (TPSA) is 12.0 Å². The van der Waals surface area contributed by atoms with E-state index in [1.807, 2.05) is 0 Å². The number of halogens is 1. The van der Waals surface area contributed by atoms with E-state index in [1.54, 1.807) is 0 Å². The third-order valence-electron chi connectivity index (χ3n) is 4.10. The Kier molecular flexibility index (Phi) is 5.08. The van der Waals surface area contributed by atoms with Gasteiger partial charge in [0.1, 0.15) is 0 Å². The van der Waals surface area contributed by atoms with Crippen LogP contribution in [0.5, 0.6) is 0 Å². The van der Waals surface area contributed by atoms with Crippen LogP contribution in [0.1, 0.15) is 56.2 Å². The number of aryl methyl sites for hydroxylation is 1. The molecule has 100 valence electrons. The van der Waals surface area contributed by atoms with Crippen LogP contribution in [0.15, 0.2) is 18.2 Å². The molecular weight excluding hydrogens is 242 g/mol. The van der Waals surface area contributed by atoms with Gasteiger partial charge in [-0.05, 0) is 49.4 Å². The van der Waals surface area contributed by atoms with Crippen molar-refractivity contribution in [2.24, 2.45) is 5.92 Å². The van der Waals surface area contributed by atoms with Gasteiger partial charge in [0, 0.05) is 11.1 Å². The Hall–Kier alpha value is -0.530. The van der Waals surface area contributed by atoms with Gasteiger partial charge in [-0.2, -0.15) is 0 Å². The Morgan fingerprint density at radius 3 is 2.61 bits per heavy atom. The monoisotopic (exact) mass is 265 g/mol. The maximum Gasteiger partial charge on any atom is 0.0438 e. The van der Waals surface area contributed by atoms with Crippen LogP contribution in [-0.4, -0.2) is 6.54 Å². The van der Waals surface area contributed by atoms with Crippen molar-refractivity contribution in [2.75, 3.05) is 6.54 Å². The van der Waals surface area contributed by atoms with Crippen molar-refractivity contribution in [3.8, 4) is 0 Å². The molecule has 1 N–H and O–H groups in total. The summed E-state index contributed by atoms with van der Waals surface area (Å²) in [5, 5.41) is 4.55. The van der Waals surface area contributed by atoms with Crippen LogP contribution in [0, 0.1) is 12.8 Å². The molecule has 0 amide bonds. The van der Waals surface area contributed by atoms with Gasteiger partial charge >= 0.3 is 0 Å². The van der Waals surface area contributed by atoms with E-state index < -0.39 is 0 Å². The lowest BCUT2D eigenvalue weighted by Crippen LogP contribution is -2.29. The zero-order valence-electron chi connectivity index (χ0n) is 11.5. The first kappa shape index (κ1) is 13.9. The third-order valence-corrected chi connectivity index (χ3v) is 4.51. The average Bonchev–Trinajstić information content (AvgIpc) is 2.40. The van der Waals surface area contributed by atoms with E-state index in [2.05, 4.69) is 37.4 Å². The summed E-state index contributed by atoms with van der Waals surface area (Å²) in [5.74, 6) is 0.775. The molecular formula is C16H24ClN. The molecule has 1 saturated carbocycles. The molecule has 0 aliphatic heterocycles. The molecule has 1 aromatic carbocycles. The smallest absolute Gasteiger partial charge is 0.0438 e. The van der Waals surface area contributed by atoms with E-state index >= 15 is 0 Å². The normalized spacial score (nSPS) is 18.8. The van der Waals surface area contributed by atoms with Crippen molar-refractivity contribution in [2.45, 2.75) is 52.0 Å². The number of rotatable bonds is 4. The Bertz CT molecular complexity index is 383. The standard InChI is InChI=1S/C16H24ClN/c1-3-18-16(13-7-5-4-6-8-13)14-10-9-12(2)15(17)11-14/h9-11,13,16,18H,3-8H2,1-2H3. The SMILES string of the molecule is CCNC(c1ccc(C)c(Cl)c1)C1CCCCC1. The number of hydrogen-bond donors (Lipinski definition) is 1. The van der Waals surface area contributed by atoms with Gasteiger partial charge in [-0.15, -0.1) is 0 Å². The summed E-state index contributed by atoms with van der Waals surface area (Å²) in [6.45, 7) is 5.27. The van der Waals surface area contributed by atoms with Crippen molar-refractivity contribution in [3.63, 3.8) is 0 Å². The minimum Gasteiger partial charge on any atom is -0.310 e. The molecule has 1 fully saturated rings. The highest BCUT2D eigenvalue weighted by Crippen LogP contribution is 2.35. The highest BCUT2D eigenvalue weighted by Gasteiger charge is 2.24. The summed E-state index contributed by atoms with van der Waals surface area (Å²) >= 11 is 6.27. The van der Waals surface area contributed by atoms with Crippen molar-refractivity contribution in [1.29, 1.82) is 0 Å².